The lowest BCUT2D eigenvalue weighted by molar-refractivity contribution is -0.393. The van der Waals surface area contributed by atoms with Gasteiger partial charge < -0.3 is 99.2 Å². The van der Waals surface area contributed by atoms with Crippen LogP contribution in [0, 0.1) is 0 Å². The van der Waals surface area contributed by atoms with Gasteiger partial charge >= 0.3 is 71.6 Å². The van der Waals surface area contributed by atoms with Crippen molar-refractivity contribution in [3.05, 3.63) is 60.7 Å². The molecule has 0 unspecified atom stereocenters. The van der Waals surface area contributed by atoms with Crippen molar-refractivity contribution in [2.75, 3.05) is 33.5 Å². The second-order valence-corrected chi connectivity index (χ2v) is 28.6. The standard InChI is InChI=1S/C65H86O33Si/c1-31(66)79-27-45-49(83-34(4)69)53(85-36(6)71)58(89-40(10)75)62(93-45)96-51-47(29-81-33(3)68)95-63(60(91-42(12)77)55(51)87-38(8)73)97-52-48(30-82-99(65(13,14)15,43-23-19-17-20-24-43)44-25-21-18-22-26-44)92-61(78-16)57(88-39(9)74)56(52)98-64-59(90-41(11)76)54(86-37(7)72)50(84-35(5)70)46(94-64)28-80-32(2)67/h17-26,45-64H,27-30H2,1-16H3/t45-,46-,47-,48-,49+,50-,51-,52-,53+,54+,55+,56+,57+,58-,59+,60-,61+,62+,63+,64-/m1/s1. The summed E-state index contributed by atoms with van der Waals surface area (Å²) in [7, 11) is -2.52. The molecule has 4 fully saturated rings. The van der Waals surface area contributed by atoms with Crippen LogP contribution in [0.2, 0.25) is 5.04 Å². The fourth-order valence-corrected chi connectivity index (χ4v) is 16.6. The highest BCUT2D eigenvalue weighted by Gasteiger charge is 2.62. The van der Waals surface area contributed by atoms with Gasteiger partial charge in [-0.1, -0.05) is 81.4 Å². The third-order valence-corrected chi connectivity index (χ3v) is 20.4. The number of rotatable bonds is 27. The van der Waals surface area contributed by atoms with E-state index in [9.17, 15) is 57.5 Å². The van der Waals surface area contributed by atoms with Crippen molar-refractivity contribution in [1.29, 1.82) is 0 Å². The molecule has 0 amide bonds. The van der Waals surface area contributed by atoms with E-state index in [2.05, 4.69) is 0 Å². The Labute approximate surface area is 571 Å². The first kappa shape index (κ1) is 79.9. The Morgan fingerprint density at radius 1 is 0.313 bits per heavy atom. The van der Waals surface area contributed by atoms with Gasteiger partial charge in [0, 0.05) is 90.2 Å². The van der Waals surface area contributed by atoms with Gasteiger partial charge in [-0.05, 0) is 15.4 Å². The fourth-order valence-electron chi connectivity index (χ4n) is 12.0. The molecule has 33 nitrogen and oxygen atoms in total. The highest BCUT2D eigenvalue weighted by molar-refractivity contribution is 6.99. The maximum atomic E-state index is 13.8. The molecular formula is C65H86O33Si. The van der Waals surface area contributed by atoms with E-state index in [1.807, 2.05) is 81.4 Å². The lowest BCUT2D eigenvalue weighted by Crippen LogP contribution is -2.71. The third-order valence-electron chi connectivity index (χ3n) is 15.4. The summed E-state index contributed by atoms with van der Waals surface area (Å²) in [5, 5.41) is 0.759. The van der Waals surface area contributed by atoms with Crippen molar-refractivity contribution in [3.8, 4) is 0 Å². The van der Waals surface area contributed by atoms with Crippen molar-refractivity contribution in [1.82, 2.24) is 0 Å². The molecule has 4 aliphatic heterocycles. The average molecular weight is 1420 g/mol. The summed E-state index contributed by atoms with van der Waals surface area (Å²) in [6, 6.07) is 18.5. The minimum atomic E-state index is -3.70. The van der Waals surface area contributed by atoms with Crippen LogP contribution in [0.3, 0.4) is 0 Å². The van der Waals surface area contributed by atoms with E-state index in [0.717, 1.165) is 93.5 Å². The van der Waals surface area contributed by atoms with Gasteiger partial charge in [-0.15, -0.1) is 0 Å². The van der Waals surface area contributed by atoms with E-state index in [-0.39, 0.29) is 0 Å². The van der Waals surface area contributed by atoms with Crippen molar-refractivity contribution < 1.29 is 157 Å². The highest BCUT2D eigenvalue weighted by atomic mass is 28.4. The molecule has 0 aliphatic carbocycles. The molecule has 2 aromatic rings. The van der Waals surface area contributed by atoms with E-state index in [0.29, 0.717) is 0 Å². The molecule has 6 rings (SSSR count). The highest BCUT2D eigenvalue weighted by Crippen LogP contribution is 2.42. The minimum absolute atomic E-state index is 0.549. The average Bonchev–Trinajstić information content (AvgIpc) is 0.756. The van der Waals surface area contributed by atoms with Crippen molar-refractivity contribution in [2.45, 2.75) is 232 Å². The summed E-state index contributed by atoms with van der Waals surface area (Å²) in [4.78, 5) is 157. The molecule has 20 atom stereocenters. The van der Waals surface area contributed by atoms with Gasteiger partial charge in [0.05, 0.1) is 6.61 Å². The summed E-state index contributed by atoms with van der Waals surface area (Å²) in [5.74, 6) is -12.0. The molecule has 0 bridgehead atoms. The van der Waals surface area contributed by atoms with Gasteiger partial charge in [0.2, 0.25) is 0 Å². The van der Waals surface area contributed by atoms with Gasteiger partial charge in [-0.3, -0.25) is 57.5 Å². The SMILES string of the molecule is CO[C@H]1O[C@H](CO[Si](c2ccccc2)(c2ccccc2)C(C)(C)C)[C@@H](O[C@@H]2O[C@H](COC(C)=O)[C@@H](O[C@@H]3O[C@H](COC(C)=O)[C@H](OC(C)=O)[C@H](OC(C)=O)[C@H]3OC(C)=O)[C@H](OC(C)=O)[C@H]2OC(C)=O)[C@H](O[C@H]2O[C@H](COC(C)=O)[C@@H](OC(C)=O)[C@H](OC(C)=O)[C@@H]2OC(C)=O)[C@@H]1OC(C)=O. The first-order valence-electron chi connectivity index (χ1n) is 31.4. The van der Waals surface area contributed by atoms with Crippen LogP contribution in [-0.4, -0.2) is 236 Å². The fraction of sp³-hybridized carbons (Fsp3) is 0.631. The van der Waals surface area contributed by atoms with Gasteiger partial charge in [-0.2, -0.15) is 0 Å². The molecule has 0 spiro atoms. The molecule has 4 heterocycles. The van der Waals surface area contributed by atoms with E-state index in [4.69, 9.17) is 99.2 Å². The number of esters is 12. The predicted octanol–water partition coefficient (Wildman–Crippen LogP) is 1.34. The Bertz CT molecular complexity index is 3120. The molecule has 99 heavy (non-hydrogen) atoms. The smallest absolute Gasteiger partial charge is 0.303 e. The molecule has 2 aromatic carbocycles. The molecule has 4 aliphatic rings. The summed E-state index contributed by atoms with van der Waals surface area (Å²) in [5.41, 5.74) is 0. The largest absolute Gasteiger partial charge is 0.463 e. The van der Waals surface area contributed by atoms with Crippen LogP contribution in [0.1, 0.15) is 104 Å². The maximum absolute atomic E-state index is 13.8. The van der Waals surface area contributed by atoms with Gasteiger partial charge in [0.1, 0.15) is 62.5 Å². The first-order valence-corrected chi connectivity index (χ1v) is 33.3. The Morgan fingerprint density at radius 3 is 0.848 bits per heavy atom. The van der Waals surface area contributed by atoms with Gasteiger partial charge in [0.15, 0.2) is 80.1 Å². The van der Waals surface area contributed by atoms with Crippen molar-refractivity contribution in [2.24, 2.45) is 0 Å². The Hall–Kier alpha value is -8.06. The summed E-state index contributed by atoms with van der Waals surface area (Å²) in [6.45, 7) is 14.9. The molecule has 548 valence electrons. The normalized spacial score (nSPS) is 29.9. The molecular weight excluding hydrogens is 1340 g/mol. The van der Waals surface area contributed by atoms with Crippen LogP contribution in [0.5, 0.6) is 0 Å². The monoisotopic (exact) mass is 1420 g/mol. The number of carbonyl (C=O) groups excluding carboxylic acids is 12. The summed E-state index contributed by atoms with van der Waals surface area (Å²) < 4.78 is 129. The van der Waals surface area contributed by atoms with E-state index in [1.54, 1.807) is 0 Å². The van der Waals surface area contributed by atoms with Crippen LogP contribution >= 0.6 is 0 Å². The summed E-state index contributed by atoms with van der Waals surface area (Å²) in [6.07, 6.45) is -37.9. The van der Waals surface area contributed by atoms with Crippen LogP contribution in [0.25, 0.3) is 0 Å². The third kappa shape index (κ3) is 21.5. The van der Waals surface area contributed by atoms with E-state index >= 15 is 0 Å². The zero-order valence-corrected chi connectivity index (χ0v) is 58.6. The van der Waals surface area contributed by atoms with Gasteiger partial charge in [-0.25, -0.2) is 0 Å². The zero-order valence-electron chi connectivity index (χ0n) is 57.6. The van der Waals surface area contributed by atoms with Crippen LogP contribution < -0.4 is 10.4 Å². The number of ether oxygens (including phenoxy) is 20. The second kappa shape index (κ2) is 35.8. The molecule has 0 N–H and O–H groups in total. The van der Waals surface area contributed by atoms with Crippen molar-refractivity contribution >= 4 is 90.3 Å². The maximum Gasteiger partial charge on any atom is 0.303 e. The number of benzene rings is 2. The Kier molecular flexibility index (Phi) is 28.9. The number of hydrogen-bond donors (Lipinski definition) is 0. The predicted molar refractivity (Wildman–Crippen MR) is 330 cm³/mol. The lowest BCUT2D eigenvalue weighted by Gasteiger charge is -2.52. The Balaban J connectivity index is 1.66. The van der Waals surface area contributed by atoms with Crippen LogP contribution in [0.4, 0.5) is 0 Å². The number of carbonyl (C=O) groups is 12. The minimum Gasteiger partial charge on any atom is -0.463 e. The van der Waals surface area contributed by atoms with Crippen LogP contribution in [-0.2, 0) is 157 Å². The zero-order chi connectivity index (χ0) is 73.4. The first-order chi connectivity index (χ1) is 46.5. The van der Waals surface area contributed by atoms with E-state index in [1.165, 1.54) is 7.11 Å². The molecule has 4 saturated heterocycles. The molecule has 0 saturated carbocycles. The van der Waals surface area contributed by atoms with E-state index < -0.39 is 234 Å². The van der Waals surface area contributed by atoms with Crippen molar-refractivity contribution in [3.63, 3.8) is 0 Å². The molecule has 0 aromatic heterocycles. The molecule has 0 radical (unpaired) electrons. The second-order valence-electron chi connectivity index (χ2n) is 24.3. The Morgan fingerprint density at radius 2 is 0.556 bits per heavy atom. The summed E-state index contributed by atoms with van der Waals surface area (Å²) >= 11 is 0. The number of methoxy groups -OCH3 is 1. The quantitative estimate of drug-likeness (QED) is 0.0692. The molecule has 34 heteroatoms. The van der Waals surface area contributed by atoms with Gasteiger partial charge in [0.25, 0.3) is 8.32 Å². The topological polar surface area (TPSA) is 399 Å². The van der Waals surface area contributed by atoms with Crippen LogP contribution in [0.15, 0.2) is 60.7 Å². The number of hydrogen-bond acceptors (Lipinski definition) is 33. The lowest BCUT2D eigenvalue weighted by atomic mass is 9.94.